The van der Waals surface area contributed by atoms with Crippen molar-refractivity contribution in [2.24, 2.45) is 0 Å². The predicted octanol–water partition coefficient (Wildman–Crippen LogP) is 5.16. The van der Waals surface area contributed by atoms with Gasteiger partial charge < -0.3 is 5.32 Å². The molecule has 0 aliphatic heterocycles. The van der Waals surface area contributed by atoms with Crippen LogP contribution < -0.4 is 5.32 Å². The van der Waals surface area contributed by atoms with Crippen LogP contribution in [0.15, 0.2) is 73.2 Å². The van der Waals surface area contributed by atoms with Gasteiger partial charge in [0.1, 0.15) is 5.69 Å². The Hall–Kier alpha value is -4.13. The number of carbonyl (C=O) groups is 1. The molecule has 0 saturated heterocycles. The molecule has 5 aromatic rings. The van der Waals surface area contributed by atoms with Crippen molar-refractivity contribution >= 4 is 22.6 Å². The fourth-order valence-corrected chi connectivity index (χ4v) is 4.70. The Balaban J connectivity index is 1.32. The minimum atomic E-state index is -0.0175. The van der Waals surface area contributed by atoms with Gasteiger partial charge in [-0.25, -0.2) is 14.5 Å². The molecule has 1 saturated carbocycles. The normalized spacial score (nSPS) is 14.7. The second kappa shape index (κ2) is 8.91. The molecule has 174 valence electrons. The summed E-state index contributed by atoms with van der Waals surface area (Å²) in [6.07, 6.45) is 9.65. The fourth-order valence-electron chi connectivity index (χ4n) is 4.70. The standard InChI is InChI=1S/C28H26N6O/c1-2-23(20-12-13-24-21(15-20)5-4-14-29-24)26-17-31-28-30-16-25(33-34(26)28)18-8-10-19(11-9-18)27(35)32-22-6-3-7-22/h4-5,8-17,22-23H,2-3,6-7H2,1H3,(H,32,35). The highest BCUT2D eigenvalue weighted by atomic mass is 16.1. The second-order valence-electron chi connectivity index (χ2n) is 9.13. The number of pyridine rings is 1. The Morgan fingerprint density at radius 2 is 1.89 bits per heavy atom. The molecule has 0 radical (unpaired) electrons. The minimum Gasteiger partial charge on any atom is -0.349 e. The van der Waals surface area contributed by atoms with Gasteiger partial charge in [0, 0.05) is 34.7 Å². The summed E-state index contributed by atoms with van der Waals surface area (Å²) in [7, 11) is 0. The first-order chi connectivity index (χ1) is 17.2. The van der Waals surface area contributed by atoms with E-state index in [9.17, 15) is 4.79 Å². The molecule has 1 atom stereocenters. The molecule has 6 rings (SSSR count). The van der Waals surface area contributed by atoms with Gasteiger partial charge in [0.2, 0.25) is 0 Å². The van der Waals surface area contributed by atoms with Crippen LogP contribution in [-0.4, -0.2) is 36.5 Å². The molecule has 1 fully saturated rings. The molecule has 2 aromatic carbocycles. The Bertz CT molecular complexity index is 1520. The maximum absolute atomic E-state index is 12.4. The summed E-state index contributed by atoms with van der Waals surface area (Å²) in [6, 6.07) is 18.3. The summed E-state index contributed by atoms with van der Waals surface area (Å²) in [4.78, 5) is 26.0. The van der Waals surface area contributed by atoms with E-state index in [0.29, 0.717) is 17.4 Å². The van der Waals surface area contributed by atoms with E-state index in [1.54, 1.807) is 6.20 Å². The molecule has 3 aromatic heterocycles. The summed E-state index contributed by atoms with van der Waals surface area (Å²) in [5.41, 5.74) is 5.48. The largest absolute Gasteiger partial charge is 0.349 e. The lowest BCUT2D eigenvalue weighted by Gasteiger charge is -2.26. The van der Waals surface area contributed by atoms with Gasteiger partial charge in [0.15, 0.2) is 0 Å². The lowest BCUT2D eigenvalue weighted by atomic mass is 9.92. The van der Waals surface area contributed by atoms with Gasteiger partial charge in [-0.3, -0.25) is 9.78 Å². The molecule has 1 unspecified atom stereocenters. The van der Waals surface area contributed by atoms with Gasteiger partial charge in [-0.2, -0.15) is 5.10 Å². The number of imidazole rings is 1. The van der Waals surface area contributed by atoms with Crippen molar-refractivity contribution in [2.45, 2.75) is 44.6 Å². The summed E-state index contributed by atoms with van der Waals surface area (Å²) in [5, 5.41) is 9.08. The summed E-state index contributed by atoms with van der Waals surface area (Å²) < 4.78 is 1.84. The molecule has 35 heavy (non-hydrogen) atoms. The van der Waals surface area contributed by atoms with Crippen LogP contribution in [0.2, 0.25) is 0 Å². The molecule has 7 heteroatoms. The highest BCUT2D eigenvalue weighted by Crippen LogP contribution is 2.30. The number of hydrogen-bond acceptors (Lipinski definition) is 5. The SMILES string of the molecule is CCC(c1ccc2ncccc2c1)c1cnc2ncc(-c3ccc(C(=O)NC4CCC4)cc3)nn12. The third kappa shape index (κ3) is 4.03. The summed E-state index contributed by atoms with van der Waals surface area (Å²) in [5.74, 6) is 0.675. The maximum atomic E-state index is 12.4. The molecule has 1 aliphatic carbocycles. The first-order valence-corrected chi connectivity index (χ1v) is 12.2. The molecule has 3 heterocycles. The van der Waals surface area contributed by atoms with E-state index in [1.807, 2.05) is 47.2 Å². The first kappa shape index (κ1) is 21.4. The van der Waals surface area contributed by atoms with Crippen molar-refractivity contribution in [3.05, 3.63) is 90.0 Å². The van der Waals surface area contributed by atoms with Crippen molar-refractivity contribution < 1.29 is 4.79 Å². The molecule has 1 N–H and O–H groups in total. The lowest BCUT2D eigenvalue weighted by Crippen LogP contribution is -2.39. The number of amides is 1. The third-order valence-corrected chi connectivity index (χ3v) is 6.93. The molecule has 1 amide bonds. The first-order valence-electron chi connectivity index (χ1n) is 12.2. The molecule has 0 spiro atoms. The van der Waals surface area contributed by atoms with Gasteiger partial charge >= 0.3 is 0 Å². The number of nitrogens with one attached hydrogen (secondary N) is 1. The quantitative estimate of drug-likeness (QED) is 0.377. The van der Waals surface area contributed by atoms with Crippen molar-refractivity contribution in [3.8, 4) is 11.3 Å². The predicted molar refractivity (Wildman–Crippen MR) is 135 cm³/mol. The molecular formula is C28H26N6O. The lowest BCUT2D eigenvalue weighted by molar-refractivity contribution is 0.0917. The van der Waals surface area contributed by atoms with Crippen molar-refractivity contribution in [1.29, 1.82) is 0 Å². The average molecular weight is 463 g/mol. The number of rotatable bonds is 6. The van der Waals surface area contributed by atoms with Crippen LogP contribution >= 0.6 is 0 Å². The topological polar surface area (TPSA) is 85.1 Å². The van der Waals surface area contributed by atoms with Crippen LogP contribution in [0.25, 0.3) is 27.9 Å². The van der Waals surface area contributed by atoms with Crippen LogP contribution in [0.1, 0.15) is 60.1 Å². The Morgan fingerprint density at radius 3 is 2.66 bits per heavy atom. The number of hydrogen-bond donors (Lipinski definition) is 1. The zero-order valence-corrected chi connectivity index (χ0v) is 19.6. The molecular weight excluding hydrogens is 436 g/mol. The zero-order chi connectivity index (χ0) is 23.8. The minimum absolute atomic E-state index is 0.0175. The van der Waals surface area contributed by atoms with E-state index in [2.05, 4.69) is 51.5 Å². The number of benzene rings is 2. The maximum Gasteiger partial charge on any atom is 0.251 e. The third-order valence-electron chi connectivity index (χ3n) is 6.93. The van der Waals surface area contributed by atoms with Crippen molar-refractivity contribution in [1.82, 2.24) is 29.9 Å². The highest BCUT2D eigenvalue weighted by Gasteiger charge is 2.21. The van der Waals surface area contributed by atoms with Crippen LogP contribution in [0.3, 0.4) is 0 Å². The number of fused-ring (bicyclic) bond motifs is 2. The number of aromatic nitrogens is 5. The Labute approximate surface area is 203 Å². The fraction of sp³-hybridized carbons (Fsp3) is 0.250. The number of carbonyl (C=O) groups excluding carboxylic acids is 1. The van der Waals surface area contributed by atoms with Crippen LogP contribution in [0.4, 0.5) is 0 Å². The Kier molecular flexibility index (Phi) is 5.45. The van der Waals surface area contributed by atoms with E-state index in [4.69, 9.17) is 5.10 Å². The Morgan fingerprint density at radius 1 is 1.06 bits per heavy atom. The van der Waals surface area contributed by atoms with Crippen LogP contribution in [0, 0.1) is 0 Å². The van der Waals surface area contributed by atoms with Gasteiger partial charge in [-0.15, -0.1) is 0 Å². The second-order valence-corrected chi connectivity index (χ2v) is 9.13. The van der Waals surface area contributed by atoms with Gasteiger partial charge in [0.05, 0.1) is 23.6 Å². The van der Waals surface area contributed by atoms with E-state index in [1.165, 1.54) is 12.0 Å². The smallest absolute Gasteiger partial charge is 0.251 e. The van der Waals surface area contributed by atoms with Crippen LogP contribution in [0.5, 0.6) is 0 Å². The van der Waals surface area contributed by atoms with E-state index in [-0.39, 0.29) is 11.8 Å². The van der Waals surface area contributed by atoms with Crippen molar-refractivity contribution in [3.63, 3.8) is 0 Å². The van der Waals surface area contributed by atoms with Gasteiger partial charge in [-0.05, 0) is 61.6 Å². The van der Waals surface area contributed by atoms with Crippen molar-refractivity contribution in [2.75, 3.05) is 0 Å². The van der Waals surface area contributed by atoms with E-state index >= 15 is 0 Å². The average Bonchev–Trinajstić information content (AvgIpc) is 3.29. The molecule has 1 aliphatic rings. The van der Waals surface area contributed by atoms with Gasteiger partial charge in [-0.1, -0.05) is 31.2 Å². The van der Waals surface area contributed by atoms with Gasteiger partial charge in [0.25, 0.3) is 11.7 Å². The summed E-state index contributed by atoms with van der Waals surface area (Å²) >= 11 is 0. The van der Waals surface area contributed by atoms with E-state index < -0.39 is 0 Å². The summed E-state index contributed by atoms with van der Waals surface area (Å²) in [6.45, 7) is 2.17. The zero-order valence-electron chi connectivity index (χ0n) is 19.6. The monoisotopic (exact) mass is 462 g/mol. The molecule has 7 nitrogen and oxygen atoms in total. The molecule has 0 bridgehead atoms. The highest BCUT2D eigenvalue weighted by molar-refractivity contribution is 5.94. The van der Waals surface area contributed by atoms with Crippen LogP contribution in [-0.2, 0) is 0 Å². The van der Waals surface area contributed by atoms with E-state index in [0.717, 1.165) is 47.1 Å². The number of nitrogens with zero attached hydrogens (tertiary/aromatic N) is 5.